The zero-order chi connectivity index (χ0) is 21.3. The van der Waals surface area contributed by atoms with Crippen LogP contribution in [0.5, 0.6) is 5.75 Å². The number of methoxy groups -OCH3 is 1. The fourth-order valence-electron chi connectivity index (χ4n) is 3.55. The van der Waals surface area contributed by atoms with E-state index in [0.717, 1.165) is 30.7 Å². The quantitative estimate of drug-likeness (QED) is 0.436. The predicted octanol–water partition coefficient (Wildman–Crippen LogP) is 3.03. The first-order valence-electron chi connectivity index (χ1n) is 9.80. The van der Waals surface area contributed by atoms with Crippen molar-refractivity contribution in [3.8, 4) is 5.75 Å². The first kappa shape index (κ1) is 21.3. The molecule has 3 rings (SSSR count). The highest BCUT2D eigenvalue weighted by atomic mass is 16.5. The Morgan fingerprint density at radius 3 is 2.60 bits per heavy atom. The number of piperidine rings is 1. The highest BCUT2D eigenvalue weighted by Gasteiger charge is 2.25. The Labute approximate surface area is 175 Å². The van der Waals surface area contributed by atoms with E-state index in [9.17, 15) is 9.59 Å². The summed E-state index contributed by atoms with van der Waals surface area (Å²) in [4.78, 5) is 30.0. The molecule has 1 aliphatic rings. The van der Waals surface area contributed by atoms with Gasteiger partial charge in [0.2, 0.25) is 5.91 Å². The molecule has 1 aromatic carbocycles. The number of hydrogen-bond donors (Lipinski definition) is 2. The Morgan fingerprint density at radius 1 is 1.13 bits per heavy atom. The molecule has 7 heteroatoms. The van der Waals surface area contributed by atoms with Crippen molar-refractivity contribution in [3.63, 3.8) is 0 Å². The van der Waals surface area contributed by atoms with Gasteiger partial charge in [-0.1, -0.05) is 24.3 Å². The van der Waals surface area contributed by atoms with Crippen molar-refractivity contribution >= 4 is 24.0 Å². The molecule has 0 saturated carbocycles. The number of pyridine rings is 1. The van der Waals surface area contributed by atoms with E-state index in [1.54, 1.807) is 31.4 Å². The standard InChI is InChI=1S/C23H25N3O4/c1-30-21-10-3-2-9-20(21)17-6-5-15-26(16-17)23(28)14-12-19-8-4-7-18(24-19)11-13-22(27)25-29/h2-4,7-14,17,29H,5-6,15-16H2,1H3,(H,25,27)/b13-11+,14-12+. The number of ether oxygens (including phenoxy) is 1. The van der Waals surface area contributed by atoms with Crippen LogP contribution in [0.15, 0.2) is 54.6 Å². The number of likely N-dealkylation sites (tertiary alicyclic amines) is 1. The minimum absolute atomic E-state index is 0.0583. The summed E-state index contributed by atoms with van der Waals surface area (Å²) in [6.07, 6.45) is 7.80. The average molecular weight is 407 g/mol. The molecule has 0 aliphatic carbocycles. The van der Waals surface area contributed by atoms with Gasteiger partial charge in [-0.3, -0.25) is 14.8 Å². The molecule has 1 atom stereocenters. The topological polar surface area (TPSA) is 91.8 Å². The van der Waals surface area contributed by atoms with Crippen LogP contribution in [0.3, 0.4) is 0 Å². The van der Waals surface area contributed by atoms with Gasteiger partial charge in [-0.15, -0.1) is 0 Å². The molecule has 2 amide bonds. The maximum absolute atomic E-state index is 12.7. The highest BCUT2D eigenvalue weighted by molar-refractivity contribution is 5.92. The first-order valence-corrected chi connectivity index (χ1v) is 9.80. The third kappa shape index (κ3) is 5.55. The fourth-order valence-corrected chi connectivity index (χ4v) is 3.55. The lowest BCUT2D eigenvalue weighted by molar-refractivity contribution is -0.127. The van der Waals surface area contributed by atoms with Crippen LogP contribution < -0.4 is 10.2 Å². The maximum atomic E-state index is 12.7. The summed E-state index contributed by atoms with van der Waals surface area (Å²) in [7, 11) is 1.67. The van der Waals surface area contributed by atoms with E-state index in [4.69, 9.17) is 9.94 Å². The van der Waals surface area contributed by atoms with E-state index in [2.05, 4.69) is 11.1 Å². The number of hydroxylamine groups is 1. The number of nitrogens with one attached hydrogen (secondary N) is 1. The Bertz CT molecular complexity index is 955. The van der Waals surface area contributed by atoms with Crippen LogP contribution in [0, 0.1) is 0 Å². The van der Waals surface area contributed by atoms with Crippen molar-refractivity contribution in [1.82, 2.24) is 15.4 Å². The second-order valence-corrected chi connectivity index (χ2v) is 7.00. The Hall–Kier alpha value is -3.45. The van der Waals surface area contributed by atoms with Gasteiger partial charge in [-0.05, 0) is 48.8 Å². The number of benzene rings is 1. The maximum Gasteiger partial charge on any atom is 0.267 e. The van der Waals surface area contributed by atoms with Gasteiger partial charge < -0.3 is 9.64 Å². The third-order valence-corrected chi connectivity index (χ3v) is 5.02. The number of amides is 2. The first-order chi connectivity index (χ1) is 14.6. The molecule has 0 spiro atoms. The lowest BCUT2D eigenvalue weighted by Crippen LogP contribution is -2.38. The normalized spacial score (nSPS) is 16.7. The summed E-state index contributed by atoms with van der Waals surface area (Å²) >= 11 is 0. The molecule has 1 aromatic heterocycles. The molecule has 1 aliphatic heterocycles. The number of nitrogens with zero attached hydrogens (tertiary/aromatic N) is 2. The molecule has 1 fully saturated rings. The van der Waals surface area contributed by atoms with Gasteiger partial charge in [0.05, 0.1) is 18.5 Å². The van der Waals surface area contributed by atoms with E-state index < -0.39 is 5.91 Å². The van der Waals surface area contributed by atoms with Crippen LogP contribution in [0.4, 0.5) is 0 Å². The van der Waals surface area contributed by atoms with Gasteiger partial charge in [0.25, 0.3) is 5.91 Å². The summed E-state index contributed by atoms with van der Waals surface area (Å²) in [5.74, 6) is 0.410. The molecular formula is C23H25N3O4. The highest BCUT2D eigenvalue weighted by Crippen LogP contribution is 2.33. The lowest BCUT2D eigenvalue weighted by Gasteiger charge is -2.33. The van der Waals surface area contributed by atoms with E-state index in [0.29, 0.717) is 17.9 Å². The van der Waals surface area contributed by atoms with Crippen molar-refractivity contribution < 1.29 is 19.5 Å². The number of aromatic nitrogens is 1. The summed E-state index contributed by atoms with van der Waals surface area (Å²) < 4.78 is 5.48. The van der Waals surface area contributed by atoms with Gasteiger partial charge in [-0.2, -0.15) is 0 Å². The molecule has 1 saturated heterocycles. The van der Waals surface area contributed by atoms with Crippen molar-refractivity contribution in [2.45, 2.75) is 18.8 Å². The largest absolute Gasteiger partial charge is 0.496 e. The Kier molecular flexibility index (Phi) is 7.34. The summed E-state index contributed by atoms with van der Waals surface area (Å²) in [6.45, 7) is 1.37. The van der Waals surface area contributed by atoms with Crippen LogP contribution in [0.25, 0.3) is 12.2 Å². The molecule has 1 unspecified atom stereocenters. The SMILES string of the molecule is COc1ccccc1C1CCCN(C(=O)/C=C/c2cccc(/C=C/C(=O)NO)n2)C1. The van der Waals surface area contributed by atoms with Crippen molar-refractivity contribution in [3.05, 3.63) is 71.6 Å². The van der Waals surface area contributed by atoms with E-state index in [-0.39, 0.29) is 11.8 Å². The average Bonchev–Trinajstić information content (AvgIpc) is 2.81. The van der Waals surface area contributed by atoms with Crippen molar-refractivity contribution in [1.29, 1.82) is 0 Å². The van der Waals surface area contributed by atoms with Crippen molar-refractivity contribution in [2.24, 2.45) is 0 Å². The molecule has 2 N–H and O–H groups in total. The molecular weight excluding hydrogens is 382 g/mol. The van der Waals surface area contributed by atoms with Crippen LogP contribution in [-0.4, -0.2) is 47.1 Å². The third-order valence-electron chi connectivity index (χ3n) is 5.02. The van der Waals surface area contributed by atoms with Gasteiger partial charge in [0.1, 0.15) is 5.75 Å². The molecule has 7 nitrogen and oxygen atoms in total. The summed E-state index contributed by atoms with van der Waals surface area (Å²) in [6, 6.07) is 13.2. The molecule has 2 aromatic rings. The second-order valence-electron chi connectivity index (χ2n) is 7.00. The van der Waals surface area contributed by atoms with Crippen LogP contribution >= 0.6 is 0 Å². The molecule has 2 heterocycles. The van der Waals surface area contributed by atoms with Crippen LogP contribution in [0.2, 0.25) is 0 Å². The monoisotopic (exact) mass is 407 g/mol. The smallest absolute Gasteiger partial charge is 0.267 e. The zero-order valence-electron chi connectivity index (χ0n) is 16.8. The predicted molar refractivity (Wildman–Crippen MR) is 114 cm³/mol. The molecule has 0 radical (unpaired) electrons. The number of para-hydroxylation sites is 1. The van der Waals surface area contributed by atoms with E-state index in [1.807, 2.05) is 23.1 Å². The minimum Gasteiger partial charge on any atom is -0.496 e. The Morgan fingerprint density at radius 2 is 1.87 bits per heavy atom. The second kappa shape index (κ2) is 10.4. The number of hydrogen-bond acceptors (Lipinski definition) is 5. The van der Waals surface area contributed by atoms with Gasteiger partial charge in [0.15, 0.2) is 0 Å². The number of rotatable bonds is 6. The van der Waals surface area contributed by atoms with E-state index in [1.165, 1.54) is 23.7 Å². The van der Waals surface area contributed by atoms with Gasteiger partial charge >= 0.3 is 0 Å². The fraction of sp³-hybridized carbons (Fsp3) is 0.261. The molecule has 156 valence electrons. The summed E-state index contributed by atoms with van der Waals surface area (Å²) in [5, 5.41) is 8.53. The van der Waals surface area contributed by atoms with Crippen LogP contribution in [-0.2, 0) is 9.59 Å². The number of carbonyl (C=O) groups is 2. The number of carbonyl (C=O) groups excluding carboxylic acids is 2. The van der Waals surface area contributed by atoms with Crippen LogP contribution in [0.1, 0.15) is 35.7 Å². The van der Waals surface area contributed by atoms with E-state index >= 15 is 0 Å². The van der Waals surface area contributed by atoms with Gasteiger partial charge in [-0.25, -0.2) is 10.5 Å². The minimum atomic E-state index is -0.636. The molecule has 30 heavy (non-hydrogen) atoms. The van der Waals surface area contributed by atoms with Crippen molar-refractivity contribution in [2.75, 3.05) is 20.2 Å². The summed E-state index contributed by atoms with van der Waals surface area (Å²) in [5.41, 5.74) is 3.81. The lowest BCUT2D eigenvalue weighted by atomic mass is 9.90. The zero-order valence-corrected chi connectivity index (χ0v) is 16.8. The van der Waals surface area contributed by atoms with Gasteiger partial charge in [0, 0.05) is 31.2 Å². The molecule has 0 bridgehead atoms. The Balaban J connectivity index is 1.66.